The van der Waals surface area contributed by atoms with Crippen LogP contribution in [0.2, 0.25) is 0 Å². The lowest BCUT2D eigenvalue weighted by Crippen LogP contribution is -2.51. The summed E-state index contributed by atoms with van der Waals surface area (Å²) < 4.78 is 13.3. The van der Waals surface area contributed by atoms with Crippen LogP contribution in [-0.2, 0) is 0 Å². The van der Waals surface area contributed by atoms with Crippen LogP contribution in [0.15, 0.2) is 47.2 Å². The van der Waals surface area contributed by atoms with Gasteiger partial charge < -0.3 is 20.9 Å². The molecule has 1 aliphatic heterocycles. The second-order valence-electron chi connectivity index (χ2n) is 6.66. The van der Waals surface area contributed by atoms with Gasteiger partial charge in [-0.1, -0.05) is 12.1 Å². The van der Waals surface area contributed by atoms with E-state index in [1.807, 2.05) is 0 Å². The van der Waals surface area contributed by atoms with E-state index in [2.05, 4.69) is 22.3 Å². The number of nitrogens with zero attached hydrogens (tertiary/aromatic N) is 3. The number of piperidine rings is 1. The number of urea groups is 2. The highest BCUT2D eigenvalue weighted by molar-refractivity contribution is 5.77. The number of nitrogens with one attached hydrogen (secondary N) is 2. The van der Waals surface area contributed by atoms with Gasteiger partial charge in [-0.3, -0.25) is 5.32 Å². The van der Waals surface area contributed by atoms with Gasteiger partial charge >= 0.3 is 12.1 Å². The SMILES string of the molecule is C=N/C(=C\C=C(/N)c1cccc(F)c1)NC(=O)N(C)C1CCN(C(=O)NC)CC1. The predicted molar refractivity (Wildman–Crippen MR) is 112 cm³/mol. The fraction of sp³-hybridized carbons (Fsp3) is 0.350. The van der Waals surface area contributed by atoms with Crippen molar-refractivity contribution >= 4 is 24.5 Å². The Balaban J connectivity index is 1.96. The number of nitrogens with two attached hydrogens (primary N) is 1. The first kappa shape index (κ1) is 21.9. The molecule has 0 atom stereocenters. The highest BCUT2D eigenvalue weighted by Crippen LogP contribution is 2.16. The monoisotopic (exact) mass is 402 g/mol. The van der Waals surface area contributed by atoms with E-state index in [1.54, 1.807) is 36.0 Å². The molecule has 8 nitrogen and oxygen atoms in total. The van der Waals surface area contributed by atoms with Crippen LogP contribution < -0.4 is 16.4 Å². The van der Waals surface area contributed by atoms with Gasteiger partial charge in [0.15, 0.2) is 0 Å². The highest BCUT2D eigenvalue weighted by atomic mass is 19.1. The Labute approximate surface area is 169 Å². The minimum absolute atomic E-state index is 0.00915. The van der Waals surface area contributed by atoms with Crippen LogP contribution in [0.4, 0.5) is 14.0 Å². The van der Waals surface area contributed by atoms with Crippen molar-refractivity contribution in [3.63, 3.8) is 0 Å². The van der Waals surface area contributed by atoms with Crippen LogP contribution in [0.3, 0.4) is 0 Å². The quantitative estimate of drug-likeness (QED) is 0.519. The van der Waals surface area contributed by atoms with Gasteiger partial charge in [-0.2, -0.15) is 0 Å². The lowest BCUT2D eigenvalue weighted by molar-refractivity contribution is 0.142. The van der Waals surface area contributed by atoms with Crippen LogP contribution in [0.25, 0.3) is 5.70 Å². The van der Waals surface area contributed by atoms with Crippen molar-refractivity contribution in [2.24, 2.45) is 10.7 Å². The zero-order chi connectivity index (χ0) is 21.4. The van der Waals surface area contributed by atoms with Crippen LogP contribution in [0.5, 0.6) is 0 Å². The lowest BCUT2D eigenvalue weighted by Gasteiger charge is -2.36. The molecule has 0 aromatic heterocycles. The molecular formula is C20H27FN6O2. The van der Waals surface area contributed by atoms with Gasteiger partial charge in [0.1, 0.15) is 11.6 Å². The third kappa shape index (κ3) is 6.06. The number of allylic oxidation sites excluding steroid dienone is 2. The number of aliphatic imine (C=N–C) groups is 1. The summed E-state index contributed by atoms with van der Waals surface area (Å²) in [6.07, 6.45) is 4.41. The molecule has 1 fully saturated rings. The summed E-state index contributed by atoms with van der Waals surface area (Å²) in [7, 11) is 3.30. The number of amides is 4. The average Bonchev–Trinajstić information content (AvgIpc) is 2.75. The molecule has 0 unspecified atom stereocenters. The molecule has 1 aromatic rings. The zero-order valence-corrected chi connectivity index (χ0v) is 16.7. The van der Waals surface area contributed by atoms with Crippen molar-refractivity contribution in [3.05, 3.63) is 53.6 Å². The van der Waals surface area contributed by atoms with E-state index < -0.39 is 0 Å². The minimum Gasteiger partial charge on any atom is -0.398 e. The van der Waals surface area contributed by atoms with Gasteiger partial charge in [0.25, 0.3) is 0 Å². The number of carbonyl (C=O) groups is 2. The van der Waals surface area contributed by atoms with Crippen molar-refractivity contribution in [2.45, 2.75) is 18.9 Å². The van der Waals surface area contributed by atoms with Crippen molar-refractivity contribution in [2.75, 3.05) is 27.2 Å². The molecule has 4 amide bonds. The number of carbonyl (C=O) groups excluding carboxylic acids is 2. The Kier molecular flexibility index (Phi) is 7.76. The number of benzene rings is 1. The number of hydrogen-bond donors (Lipinski definition) is 3. The Bertz CT molecular complexity index is 815. The third-order valence-electron chi connectivity index (χ3n) is 4.82. The zero-order valence-electron chi connectivity index (χ0n) is 16.7. The highest BCUT2D eigenvalue weighted by Gasteiger charge is 2.27. The molecule has 0 saturated carbocycles. The molecule has 1 aromatic carbocycles. The van der Waals surface area contributed by atoms with Crippen LogP contribution in [0, 0.1) is 5.82 Å². The van der Waals surface area contributed by atoms with E-state index in [9.17, 15) is 14.0 Å². The standard InChI is InChI=1S/C20H27FN6O2/c1-23-18(8-7-17(22)14-5-4-6-15(21)13-14)25-20(29)26(3)16-9-11-27(12-10-16)19(28)24-2/h4-8,13,16H,1,9-12,22H2,2-3H3,(H,24,28)(H,25,29)/b17-7-,18-8+. The molecule has 2 rings (SSSR count). The van der Waals surface area contributed by atoms with Crippen LogP contribution >= 0.6 is 0 Å². The molecule has 29 heavy (non-hydrogen) atoms. The minimum atomic E-state index is -0.387. The summed E-state index contributed by atoms with van der Waals surface area (Å²) in [5.74, 6) is -0.161. The maximum atomic E-state index is 13.3. The van der Waals surface area contributed by atoms with Crippen molar-refractivity contribution in [3.8, 4) is 0 Å². The predicted octanol–water partition coefficient (Wildman–Crippen LogP) is 2.11. The van der Waals surface area contributed by atoms with E-state index in [1.165, 1.54) is 24.3 Å². The van der Waals surface area contributed by atoms with E-state index >= 15 is 0 Å². The molecule has 0 radical (unpaired) electrons. The summed E-state index contributed by atoms with van der Waals surface area (Å²) >= 11 is 0. The summed E-state index contributed by atoms with van der Waals surface area (Å²) in [4.78, 5) is 31.3. The average molecular weight is 402 g/mol. The molecule has 4 N–H and O–H groups in total. The van der Waals surface area contributed by atoms with Gasteiger partial charge in [0.2, 0.25) is 0 Å². The van der Waals surface area contributed by atoms with Gasteiger partial charge in [-0.05, 0) is 43.8 Å². The van der Waals surface area contributed by atoms with Gasteiger partial charge in [-0.15, -0.1) is 0 Å². The van der Waals surface area contributed by atoms with Gasteiger partial charge in [-0.25, -0.2) is 19.0 Å². The number of rotatable bonds is 5. The Hall–Kier alpha value is -3.36. The fourth-order valence-electron chi connectivity index (χ4n) is 3.04. The molecule has 1 saturated heterocycles. The molecule has 1 heterocycles. The number of likely N-dealkylation sites (tertiary alicyclic amines) is 1. The van der Waals surface area contributed by atoms with Crippen LogP contribution in [-0.4, -0.2) is 61.8 Å². The van der Waals surface area contributed by atoms with E-state index in [0.29, 0.717) is 37.2 Å². The summed E-state index contributed by atoms with van der Waals surface area (Å²) in [6, 6.07) is 5.46. The molecule has 0 aliphatic carbocycles. The van der Waals surface area contributed by atoms with E-state index in [4.69, 9.17) is 5.73 Å². The van der Waals surface area contributed by atoms with Crippen molar-refractivity contribution < 1.29 is 14.0 Å². The van der Waals surface area contributed by atoms with E-state index in [0.717, 1.165) is 0 Å². The molecule has 0 spiro atoms. The summed E-state index contributed by atoms with van der Waals surface area (Å²) in [5.41, 5.74) is 6.80. The normalized spacial score (nSPS) is 15.6. The van der Waals surface area contributed by atoms with Crippen molar-refractivity contribution in [1.82, 2.24) is 20.4 Å². The maximum absolute atomic E-state index is 13.3. The Morgan fingerprint density at radius 3 is 2.62 bits per heavy atom. The smallest absolute Gasteiger partial charge is 0.323 e. The molecule has 1 aliphatic rings. The second kappa shape index (κ2) is 10.3. The molecular weight excluding hydrogens is 375 g/mol. The third-order valence-corrected chi connectivity index (χ3v) is 4.82. The fourth-order valence-corrected chi connectivity index (χ4v) is 3.04. The van der Waals surface area contributed by atoms with Crippen molar-refractivity contribution in [1.29, 1.82) is 0 Å². The summed E-state index contributed by atoms with van der Waals surface area (Å²) in [6.45, 7) is 4.62. The lowest BCUT2D eigenvalue weighted by atomic mass is 10.0. The molecule has 156 valence electrons. The first-order chi connectivity index (χ1) is 13.8. The Morgan fingerprint density at radius 2 is 2.03 bits per heavy atom. The van der Waals surface area contributed by atoms with Crippen LogP contribution in [0.1, 0.15) is 18.4 Å². The topological polar surface area (TPSA) is 103 Å². The van der Waals surface area contributed by atoms with Gasteiger partial charge in [0, 0.05) is 44.5 Å². The first-order valence-corrected chi connectivity index (χ1v) is 9.26. The second-order valence-corrected chi connectivity index (χ2v) is 6.66. The number of halogens is 1. The largest absolute Gasteiger partial charge is 0.398 e. The number of hydrogen-bond acceptors (Lipinski definition) is 4. The first-order valence-electron chi connectivity index (χ1n) is 9.26. The Morgan fingerprint density at radius 1 is 1.34 bits per heavy atom. The van der Waals surface area contributed by atoms with E-state index in [-0.39, 0.29) is 29.7 Å². The summed E-state index contributed by atoms with van der Waals surface area (Å²) in [5, 5.41) is 5.28. The van der Waals surface area contributed by atoms with Gasteiger partial charge in [0.05, 0.1) is 0 Å². The molecule has 0 bridgehead atoms. The molecule has 9 heteroatoms. The maximum Gasteiger partial charge on any atom is 0.323 e.